The van der Waals surface area contributed by atoms with Gasteiger partial charge in [-0.2, -0.15) is 0 Å². The number of imide groups is 1. The number of hydrogen-bond acceptors (Lipinski definition) is 3. The zero-order chi connectivity index (χ0) is 16.6. The number of likely N-dealkylation sites (tertiary alicyclic amines) is 1. The Morgan fingerprint density at radius 2 is 1.87 bits per heavy atom. The molecule has 1 aliphatic heterocycles. The Hall–Kier alpha value is -1.82. The Morgan fingerprint density at radius 1 is 1.17 bits per heavy atom. The molecule has 1 saturated heterocycles. The van der Waals surface area contributed by atoms with Crippen molar-refractivity contribution in [3.8, 4) is 0 Å². The second-order valence-electron chi connectivity index (χ2n) is 6.51. The molecule has 1 aromatic carbocycles. The average molecular weight is 323 g/mol. The lowest BCUT2D eigenvalue weighted by molar-refractivity contribution is -0.143. The van der Waals surface area contributed by atoms with E-state index in [9.17, 15) is 23.5 Å². The normalized spacial score (nSPS) is 22.0. The molecule has 1 unspecified atom stereocenters. The molecule has 2 aliphatic rings. The lowest BCUT2D eigenvalue weighted by Gasteiger charge is -2.30. The van der Waals surface area contributed by atoms with Gasteiger partial charge in [0.15, 0.2) is 0 Å². The number of nitrogens with zero attached hydrogens (tertiary/aromatic N) is 1. The molecule has 1 aliphatic carbocycles. The van der Waals surface area contributed by atoms with Crippen LogP contribution in [0.25, 0.3) is 0 Å². The van der Waals surface area contributed by atoms with Crippen molar-refractivity contribution in [2.24, 2.45) is 5.41 Å². The largest absolute Gasteiger partial charge is 0.386 e. The van der Waals surface area contributed by atoms with Crippen LogP contribution >= 0.6 is 0 Å². The summed E-state index contributed by atoms with van der Waals surface area (Å²) in [5.41, 5.74) is -0.743. The van der Waals surface area contributed by atoms with Gasteiger partial charge in [0.05, 0.1) is 18.1 Å². The molecule has 1 aromatic rings. The van der Waals surface area contributed by atoms with Gasteiger partial charge in [0, 0.05) is 18.1 Å². The molecule has 1 N–H and O–H groups in total. The predicted octanol–water partition coefficient (Wildman–Crippen LogP) is 2.71. The zero-order valence-corrected chi connectivity index (χ0v) is 12.7. The van der Waals surface area contributed by atoms with Gasteiger partial charge in [0.1, 0.15) is 11.6 Å². The van der Waals surface area contributed by atoms with Gasteiger partial charge in [0.25, 0.3) is 0 Å². The molecular weight excluding hydrogens is 304 g/mol. The van der Waals surface area contributed by atoms with E-state index in [0.29, 0.717) is 18.9 Å². The quantitative estimate of drug-likeness (QED) is 0.870. The Balaban J connectivity index is 1.77. The number of benzene rings is 1. The van der Waals surface area contributed by atoms with E-state index >= 15 is 0 Å². The van der Waals surface area contributed by atoms with Gasteiger partial charge in [-0.25, -0.2) is 8.78 Å². The first-order chi connectivity index (χ1) is 10.9. The van der Waals surface area contributed by atoms with E-state index in [2.05, 4.69) is 0 Å². The van der Waals surface area contributed by atoms with Crippen LogP contribution in [-0.4, -0.2) is 28.4 Å². The van der Waals surface area contributed by atoms with Crippen LogP contribution < -0.4 is 0 Å². The van der Waals surface area contributed by atoms with Crippen molar-refractivity contribution in [1.29, 1.82) is 0 Å². The summed E-state index contributed by atoms with van der Waals surface area (Å²) in [6.07, 6.45) is 3.09. The van der Waals surface area contributed by atoms with Crippen molar-refractivity contribution in [3.63, 3.8) is 0 Å². The van der Waals surface area contributed by atoms with E-state index in [1.807, 2.05) is 0 Å². The molecule has 124 valence electrons. The first kappa shape index (κ1) is 16.1. The zero-order valence-electron chi connectivity index (χ0n) is 12.7. The predicted molar refractivity (Wildman–Crippen MR) is 78.2 cm³/mol. The summed E-state index contributed by atoms with van der Waals surface area (Å²) in [7, 11) is 0. The van der Waals surface area contributed by atoms with Gasteiger partial charge >= 0.3 is 0 Å². The summed E-state index contributed by atoms with van der Waals surface area (Å²) in [5.74, 6) is -2.21. The number of hydrogen-bond donors (Lipinski definition) is 1. The standard InChI is InChI=1S/C17H19F2NO3/c18-11-4-5-12(13(19)8-11)14(21)10-20-15(22)9-17(16(20)23)6-2-1-3-7-17/h4-5,8,14,21H,1-3,6-7,9-10H2. The number of rotatable bonds is 3. The van der Waals surface area contributed by atoms with Crippen molar-refractivity contribution >= 4 is 11.8 Å². The van der Waals surface area contributed by atoms with Crippen LogP contribution in [0.1, 0.15) is 50.2 Å². The van der Waals surface area contributed by atoms with Crippen molar-refractivity contribution in [2.45, 2.75) is 44.6 Å². The highest BCUT2D eigenvalue weighted by molar-refractivity contribution is 6.06. The second kappa shape index (κ2) is 6.00. The van der Waals surface area contributed by atoms with Crippen LogP contribution in [0, 0.1) is 17.0 Å². The molecule has 0 radical (unpaired) electrons. The van der Waals surface area contributed by atoms with Gasteiger partial charge < -0.3 is 5.11 Å². The third kappa shape index (κ3) is 2.87. The summed E-state index contributed by atoms with van der Waals surface area (Å²) in [6, 6.07) is 2.85. The van der Waals surface area contributed by atoms with E-state index in [1.54, 1.807) is 0 Å². The third-order valence-electron chi connectivity index (χ3n) is 4.98. The Labute approximate surface area is 133 Å². The van der Waals surface area contributed by atoms with Gasteiger partial charge in [0.2, 0.25) is 11.8 Å². The maximum absolute atomic E-state index is 13.7. The maximum Gasteiger partial charge on any atom is 0.236 e. The first-order valence-electron chi connectivity index (χ1n) is 7.91. The topological polar surface area (TPSA) is 57.6 Å². The number of carbonyl (C=O) groups is 2. The SMILES string of the molecule is O=C1CC2(CCCCC2)C(=O)N1CC(O)c1ccc(F)cc1F. The number of aliphatic hydroxyl groups is 1. The highest BCUT2D eigenvalue weighted by atomic mass is 19.1. The number of amides is 2. The number of β-amino-alcohol motifs (C(OH)–C–C–N with tert-alkyl or cyclic N) is 1. The molecule has 2 fully saturated rings. The molecule has 3 rings (SSSR count). The van der Waals surface area contributed by atoms with Crippen LogP contribution in [0.5, 0.6) is 0 Å². The van der Waals surface area contributed by atoms with Gasteiger partial charge in [-0.3, -0.25) is 14.5 Å². The minimum absolute atomic E-state index is 0.114. The van der Waals surface area contributed by atoms with E-state index < -0.39 is 23.2 Å². The molecule has 2 amide bonds. The molecule has 4 nitrogen and oxygen atoms in total. The summed E-state index contributed by atoms with van der Waals surface area (Å²) >= 11 is 0. The Bertz CT molecular complexity index is 641. The van der Waals surface area contributed by atoms with Crippen LogP contribution in [0.15, 0.2) is 18.2 Å². The summed E-state index contributed by atoms with van der Waals surface area (Å²) in [5, 5.41) is 10.2. The van der Waals surface area contributed by atoms with Crippen LogP contribution in [0.4, 0.5) is 8.78 Å². The van der Waals surface area contributed by atoms with Crippen molar-refractivity contribution in [2.75, 3.05) is 6.54 Å². The lowest BCUT2D eigenvalue weighted by atomic mass is 9.73. The molecule has 23 heavy (non-hydrogen) atoms. The second-order valence-corrected chi connectivity index (χ2v) is 6.51. The molecule has 1 saturated carbocycles. The van der Waals surface area contributed by atoms with Crippen LogP contribution in [0.3, 0.4) is 0 Å². The molecule has 1 atom stereocenters. The van der Waals surface area contributed by atoms with E-state index in [4.69, 9.17) is 0 Å². The highest BCUT2D eigenvalue weighted by Gasteiger charge is 2.51. The minimum Gasteiger partial charge on any atom is -0.386 e. The fraction of sp³-hybridized carbons (Fsp3) is 0.529. The van der Waals surface area contributed by atoms with Gasteiger partial charge in [-0.05, 0) is 18.9 Å². The third-order valence-corrected chi connectivity index (χ3v) is 4.98. The monoisotopic (exact) mass is 323 g/mol. The average Bonchev–Trinajstić information content (AvgIpc) is 2.72. The Kier molecular flexibility index (Phi) is 4.19. The van der Waals surface area contributed by atoms with Crippen LogP contribution in [0.2, 0.25) is 0 Å². The minimum atomic E-state index is -1.36. The van der Waals surface area contributed by atoms with E-state index in [0.717, 1.165) is 36.3 Å². The van der Waals surface area contributed by atoms with Gasteiger partial charge in [-0.15, -0.1) is 0 Å². The summed E-state index contributed by atoms with van der Waals surface area (Å²) in [4.78, 5) is 25.9. The molecule has 1 spiro atoms. The number of aliphatic hydroxyl groups excluding tert-OH is 1. The maximum atomic E-state index is 13.7. The highest BCUT2D eigenvalue weighted by Crippen LogP contribution is 2.45. The first-order valence-corrected chi connectivity index (χ1v) is 7.91. The van der Waals surface area contributed by atoms with E-state index in [1.165, 1.54) is 0 Å². The van der Waals surface area contributed by atoms with Gasteiger partial charge in [-0.1, -0.05) is 25.3 Å². The van der Waals surface area contributed by atoms with Crippen molar-refractivity contribution < 1.29 is 23.5 Å². The lowest BCUT2D eigenvalue weighted by Crippen LogP contribution is -2.39. The molecule has 0 aromatic heterocycles. The molecule has 6 heteroatoms. The summed E-state index contributed by atoms with van der Waals surface area (Å²) < 4.78 is 26.7. The van der Waals surface area contributed by atoms with Crippen LogP contribution in [-0.2, 0) is 9.59 Å². The fourth-order valence-electron chi connectivity index (χ4n) is 3.71. The molecule has 0 bridgehead atoms. The number of halogens is 2. The fourth-order valence-corrected chi connectivity index (χ4v) is 3.71. The van der Waals surface area contributed by atoms with E-state index in [-0.39, 0.29) is 30.3 Å². The van der Waals surface area contributed by atoms with Crippen molar-refractivity contribution in [3.05, 3.63) is 35.4 Å². The Morgan fingerprint density at radius 3 is 2.52 bits per heavy atom. The number of carbonyl (C=O) groups excluding carboxylic acids is 2. The van der Waals surface area contributed by atoms with Crippen molar-refractivity contribution in [1.82, 2.24) is 4.90 Å². The smallest absolute Gasteiger partial charge is 0.236 e. The molecular formula is C17H19F2NO3. The summed E-state index contributed by atoms with van der Waals surface area (Å²) in [6.45, 7) is -0.290. The molecule has 1 heterocycles.